The highest BCUT2D eigenvalue weighted by atomic mass is 15.2. The number of aromatic nitrogens is 1. The van der Waals surface area contributed by atoms with Crippen molar-refractivity contribution < 1.29 is 0 Å². The quantitative estimate of drug-likeness (QED) is 0.912. The molecule has 1 aromatic carbocycles. The first kappa shape index (κ1) is 13.8. The summed E-state index contributed by atoms with van der Waals surface area (Å²) in [6.07, 6.45) is 1.10. The van der Waals surface area contributed by atoms with Crippen molar-refractivity contribution in [2.45, 2.75) is 39.3 Å². The third-order valence-electron chi connectivity index (χ3n) is 4.10. The molecule has 0 fully saturated rings. The maximum Gasteiger partial charge on any atom is 0.0726 e. The summed E-state index contributed by atoms with van der Waals surface area (Å²) in [4.78, 5) is 7.03. The lowest BCUT2D eigenvalue weighted by Gasteiger charge is -2.34. The Morgan fingerprint density at radius 2 is 1.95 bits per heavy atom. The minimum absolute atomic E-state index is 0.169. The summed E-state index contributed by atoms with van der Waals surface area (Å²) in [6, 6.07) is 10.0. The maximum absolute atomic E-state index is 6.12. The molecule has 19 heavy (non-hydrogen) atoms. The Bertz CT molecular complexity index is 575. The predicted molar refractivity (Wildman–Crippen MR) is 82.0 cm³/mol. The summed E-state index contributed by atoms with van der Waals surface area (Å²) in [5.41, 5.74) is 9.09. The molecule has 2 N–H and O–H groups in total. The molecule has 0 unspecified atom stereocenters. The van der Waals surface area contributed by atoms with Gasteiger partial charge in [-0.1, -0.05) is 25.1 Å². The largest absolute Gasteiger partial charge is 0.398 e. The van der Waals surface area contributed by atoms with Gasteiger partial charge in [0.2, 0.25) is 0 Å². The van der Waals surface area contributed by atoms with Gasteiger partial charge < -0.3 is 5.73 Å². The van der Waals surface area contributed by atoms with Gasteiger partial charge in [-0.2, -0.15) is 0 Å². The maximum atomic E-state index is 6.12. The van der Waals surface area contributed by atoms with Gasteiger partial charge in [0.15, 0.2) is 0 Å². The number of nitrogens with two attached hydrogens (primary N) is 1. The van der Waals surface area contributed by atoms with Gasteiger partial charge in [0.25, 0.3) is 0 Å². The van der Waals surface area contributed by atoms with E-state index in [9.17, 15) is 0 Å². The van der Waals surface area contributed by atoms with Crippen molar-refractivity contribution in [3.63, 3.8) is 0 Å². The number of hydrogen-bond donors (Lipinski definition) is 1. The van der Waals surface area contributed by atoms with E-state index in [0.29, 0.717) is 0 Å². The average molecular weight is 257 g/mol. The van der Waals surface area contributed by atoms with Gasteiger partial charge in [0, 0.05) is 23.2 Å². The topological polar surface area (TPSA) is 42.1 Å². The summed E-state index contributed by atoms with van der Waals surface area (Å²) in [5, 5.41) is 1.03. The van der Waals surface area contributed by atoms with Gasteiger partial charge in [-0.3, -0.25) is 9.88 Å². The monoisotopic (exact) mass is 257 g/mol. The molecule has 0 saturated heterocycles. The number of nitrogens with zero attached hydrogens (tertiary/aromatic N) is 2. The third kappa shape index (κ3) is 2.87. The number of hydrogen-bond acceptors (Lipinski definition) is 3. The molecule has 2 rings (SSSR count). The molecular formula is C16H23N3. The molecule has 0 radical (unpaired) electrons. The summed E-state index contributed by atoms with van der Waals surface area (Å²) >= 11 is 0. The van der Waals surface area contributed by atoms with E-state index in [4.69, 9.17) is 10.7 Å². The van der Waals surface area contributed by atoms with Crippen molar-refractivity contribution in [2.24, 2.45) is 0 Å². The van der Waals surface area contributed by atoms with Crippen LogP contribution in [0.4, 0.5) is 5.69 Å². The lowest BCUT2D eigenvalue weighted by atomic mass is 9.99. The van der Waals surface area contributed by atoms with E-state index < -0.39 is 0 Å². The first-order valence-corrected chi connectivity index (χ1v) is 6.79. The van der Waals surface area contributed by atoms with E-state index >= 15 is 0 Å². The Morgan fingerprint density at radius 1 is 1.26 bits per heavy atom. The molecular weight excluding hydrogens is 234 g/mol. The van der Waals surface area contributed by atoms with Gasteiger partial charge in [0.05, 0.1) is 11.2 Å². The second-order valence-corrected chi connectivity index (χ2v) is 5.74. The van der Waals surface area contributed by atoms with E-state index in [-0.39, 0.29) is 5.54 Å². The fourth-order valence-corrected chi connectivity index (χ4v) is 2.07. The van der Waals surface area contributed by atoms with Crippen LogP contribution in [-0.4, -0.2) is 22.5 Å². The van der Waals surface area contributed by atoms with Crippen LogP contribution in [0.1, 0.15) is 32.9 Å². The van der Waals surface area contributed by atoms with Crippen molar-refractivity contribution in [2.75, 3.05) is 12.8 Å². The van der Waals surface area contributed by atoms with Gasteiger partial charge in [-0.25, -0.2) is 0 Å². The zero-order valence-electron chi connectivity index (χ0n) is 12.3. The van der Waals surface area contributed by atoms with Crippen molar-refractivity contribution >= 4 is 16.6 Å². The van der Waals surface area contributed by atoms with Crippen LogP contribution in [0.15, 0.2) is 30.3 Å². The molecule has 1 aromatic heterocycles. The SMILES string of the molecule is CCC(C)(C)N(C)Cc1cc(N)c2ccccc2n1. The molecule has 2 aromatic rings. The molecule has 1 heterocycles. The molecule has 0 aliphatic carbocycles. The summed E-state index contributed by atoms with van der Waals surface area (Å²) in [7, 11) is 2.14. The average Bonchev–Trinajstić information content (AvgIpc) is 2.38. The van der Waals surface area contributed by atoms with Crippen molar-refractivity contribution in [3.05, 3.63) is 36.0 Å². The zero-order chi connectivity index (χ0) is 14.0. The fraction of sp³-hybridized carbons (Fsp3) is 0.438. The van der Waals surface area contributed by atoms with Crippen LogP contribution in [0.2, 0.25) is 0 Å². The molecule has 0 aliphatic rings. The van der Waals surface area contributed by atoms with Gasteiger partial charge in [0.1, 0.15) is 0 Å². The lowest BCUT2D eigenvalue weighted by molar-refractivity contribution is 0.141. The summed E-state index contributed by atoms with van der Waals surface area (Å²) in [5.74, 6) is 0. The van der Waals surface area contributed by atoms with Crippen LogP contribution in [0, 0.1) is 0 Å². The van der Waals surface area contributed by atoms with Crippen LogP contribution >= 0.6 is 0 Å². The second kappa shape index (κ2) is 5.17. The number of para-hydroxylation sites is 1. The third-order valence-corrected chi connectivity index (χ3v) is 4.10. The first-order chi connectivity index (χ1) is 8.94. The molecule has 0 bridgehead atoms. The van der Waals surface area contributed by atoms with Crippen LogP contribution in [-0.2, 0) is 6.54 Å². The lowest BCUT2D eigenvalue weighted by Crippen LogP contribution is -2.40. The normalized spacial score (nSPS) is 12.3. The number of benzene rings is 1. The minimum atomic E-state index is 0.169. The van der Waals surface area contributed by atoms with E-state index in [1.807, 2.05) is 30.3 Å². The molecule has 0 aliphatic heterocycles. The van der Waals surface area contributed by atoms with Crippen LogP contribution < -0.4 is 5.73 Å². The second-order valence-electron chi connectivity index (χ2n) is 5.74. The molecule has 102 valence electrons. The molecule has 0 atom stereocenters. The van der Waals surface area contributed by atoms with E-state index in [1.165, 1.54) is 0 Å². The fourth-order valence-electron chi connectivity index (χ4n) is 2.07. The van der Waals surface area contributed by atoms with E-state index in [1.54, 1.807) is 0 Å². The Morgan fingerprint density at radius 3 is 2.63 bits per heavy atom. The Kier molecular flexibility index (Phi) is 3.76. The smallest absolute Gasteiger partial charge is 0.0726 e. The number of nitrogen functional groups attached to an aromatic ring is 1. The van der Waals surface area contributed by atoms with Gasteiger partial charge in [-0.05, 0) is 39.4 Å². The van der Waals surface area contributed by atoms with Gasteiger partial charge in [-0.15, -0.1) is 0 Å². The molecule has 3 heteroatoms. The van der Waals surface area contributed by atoms with Crippen LogP contribution in [0.5, 0.6) is 0 Å². The van der Waals surface area contributed by atoms with Crippen molar-refractivity contribution in [1.82, 2.24) is 9.88 Å². The Balaban J connectivity index is 2.32. The van der Waals surface area contributed by atoms with E-state index in [2.05, 4.69) is 32.7 Å². The van der Waals surface area contributed by atoms with Crippen LogP contribution in [0.3, 0.4) is 0 Å². The zero-order valence-corrected chi connectivity index (χ0v) is 12.3. The molecule has 0 saturated carbocycles. The number of fused-ring (bicyclic) bond motifs is 1. The molecule has 0 spiro atoms. The molecule has 3 nitrogen and oxygen atoms in total. The number of pyridine rings is 1. The highest BCUT2D eigenvalue weighted by molar-refractivity contribution is 5.90. The van der Waals surface area contributed by atoms with Crippen molar-refractivity contribution in [3.8, 4) is 0 Å². The highest BCUT2D eigenvalue weighted by Crippen LogP contribution is 2.23. The highest BCUT2D eigenvalue weighted by Gasteiger charge is 2.21. The van der Waals surface area contributed by atoms with Gasteiger partial charge >= 0.3 is 0 Å². The van der Waals surface area contributed by atoms with Crippen molar-refractivity contribution in [1.29, 1.82) is 0 Å². The predicted octanol–water partition coefficient (Wildman–Crippen LogP) is 3.44. The Hall–Kier alpha value is -1.61. The summed E-state index contributed by atoms with van der Waals surface area (Å²) in [6.45, 7) is 7.52. The molecule has 0 amide bonds. The first-order valence-electron chi connectivity index (χ1n) is 6.79. The summed E-state index contributed by atoms with van der Waals surface area (Å²) < 4.78 is 0. The van der Waals surface area contributed by atoms with E-state index in [0.717, 1.165) is 35.2 Å². The standard InChI is InChI=1S/C16H23N3/c1-5-16(2,3)19(4)11-12-10-14(17)13-8-6-7-9-15(13)18-12/h6-10H,5,11H2,1-4H3,(H2,17,18). The number of rotatable bonds is 4. The van der Waals surface area contributed by atoms with Crippen LogP contribution in [0.25, 0.3) is 10.9 Å². The Labute approximate surface area is 115 Å². The minimum Gasteiger partial charge on any atom is -0.398 e. The number of anilines is 1.